The van der Waals surface area contributed by atoms with Crippen LogP contribution in [0.2, 0.25) is 0 Å². The van der Waals surface area contributed by atoms with E-state index in [1.165, 1.54) is 9.80 Å². The van der Waals surface area contributed by atoms with Crippen molar-refractivity contribution in [2.75, 3.05) is 0 Å². The van der Waals surface area contributed by atoms with E-state index in [2.05, 4.69) is 18.2 Å². The number of rotatable bonds is 3. The molecular weight excluding hydrogens is 216 g/mol. The molecule has 0 spiro atoms. The molecule has 0 heterocycles. The summed E-state index contributed by atoms with van der Waals surface area (Å²) in [5.41, 5.74) is -0.265. The Balaban J connectivity index is 2.20. The van der Waals surface area contributed by atoms with Crippen molar-refractivity contribution in [1.29, 1.82) is 0 Å². The van der Waals surface area contributed by atoms with Crippen LogP contribution in [0.3, 0.4) is 0 Å². The molecule has 16 heavy (non-hydrogen) atoms. The van der Waals surface area contributed by atoms with Gasteiger partial charge in [-0.3, -0.25) is 0 Å². The van der Waals surface area contributed by atoms with Crippen molar-refractivity contribution in [2.24, 2.45) is 5.41 Å². The molecule has 1 atom stereocenters. The van der Waals surface area contributed by atoms with Crippen LogP contribution in [-0.2, 0) is 4.79 Å². The Kier molecular flexibility index (Phi) is 3.49. The summed E-state index contributed by atoms with van der Waals surface area (Å²) in [5.74, 6) is 0. The SMILES string of the molecule is C[C@@]1(C=O)CCCC=C1Sc1ccccc1. The van der Waals surface area contributed by atoms with Gasteiger partial charge in [0.2, 0.25) is 0 Å². The van der Waals surface area contributed by atoms with Gasteiger partial charge in [0.25, 0.3) is 0 Å². The Hall–Kier alpha value is -1.02. The Morgan fingerprint density at radius 1 is 1.31 bits per heavy atom. The van der Waals surface area contributed by atoms with Crippen LogP contribution in [0.1, 0.15) is 26.2 Å². The van der Waals surface area contributed by atoms with Gasteiger partial charge in [0, 0.05) is 4.90 Å². The number of carbonyl (C=O) groups is 1. The van der Waals surface area contributed by atoms with E-state index in [1.54, 1.807) is 11.8 Å². The first-order valence-corrected chi connectivity index (χ1v) is 6.46. The van der Waals surface area contributed by atoms with Gasteiger partial charge < -0.3 is 4.79 Å². The first-order chi connectivity index (χ1) is 7.74. The van der Waals surface area contributed by atoms with Crippen molar-refractivity contribution in [3.8, 4) is 0 Å². The summed E-state index contributed by atoms with van der Waals surface area (Å²) in [6.07, 6.45) is 6.51. The molecule has 1 aliphatic carbocycles. The predicted octanol–water partition coefficient (Wildman–Crippen LogP) is 4.05. The maximum absolute atomic E-state index is 11.2. The average Bonchev–Trinajstić information content (AvgIpc) is 2.34. The smallest absolute Gasteiger partial charge is 0.130 e. The molecule has 2 rings (SSSR count). The van der Waals surface area contributed by atoms with Gasteiger partial charge in [-0.2, -0.15) is 0 Å². The van der Waals surface area contributed by atoms with Gasteiger partial charge in [0.1, 0.15) is 6.29 Å². The minimum atomic E-state index is -0.265. The molecule has 0 aliphatic heterocycles. The number of aldehydes is 1. The summed E-state index contributed by atoms with van der Waals surface area (Å²) in [6, 6.07) is 10.3. The van der Waals surface area contributed by atoms with Gasteiger partial charge in [0.05, 0.1) is 5.41 Å². The molecule has 0 radical (unpaired) electrons. The van der Waals surface area contributed by atoms with Gasteiger partial charge in [-0.15, -0.1) is 0 Å². The van der Waals surface area contributed by atoms with Crippen LogP contribution in [0, 0.1) is 5.41 Å². The predicted molar refractivity (Wildman–Crippen MR) is 68.4 cm³/mol. The maximum Gasteiger partial charge on any atom is 0.130 e. The number of hydrogen-bond donors (Lipinski definition) is 0. The monoisotopic (exact) mass is 232 g/mol. The van der Waals surface area contributed by atoms with Crippen molar-refractivity contribution < 1.29 is 4.79 Å². The fourth-order valence-corrected chi connectivity index (χ4v) is 3.08. The molecule has 0 aromatic heterocycles. The first kappa shape index (κ1) is 11.5. The maximum atomic E-state index is 11.2. The second-order valence-corrected chi connectivity index (χ2v) is 5.53. The molecule has 84 valence electrons. The molecule has 0 fully saturated rings. The standard InChI is InChI=1S/C14H16OS/c1-14(11-15)10-6-5-9-13(14)16-12-7-3-2-4-8-12/h2-4,7-9,11H,5-6,10H2,1H3/t14-/m0/s1. The quantitative estimate of drug-likeness (QED) is 0.731. The molecule has 1 nitrogen and oxygen atoms in total. The number of carbonyl (C=O) groups excluding carboxylic acids is 1. The van der Waals surface area contributed by atoms with E-state index in [0.29, 0.717) is 0 Å². The molecule has 1 aliphatic rings. The van der Waals surface area contributed by atoms with Gasteiger partial charge in [-0.25, -0.2) is 0 Å². The van der Waals surface area contributed by atoms with Crippen LogP contribution >= 0.6 is 11.8 Å². The zero-order valence-corrected chi connectivity index (χ0v) is 10.3. The van der Waals surface area contributed by atoms with E-state index < -0.39 is 0 Å². The summed E-state index contributed by atoms with van der Waals surface area (Å²) >= 11 is 1.73. The highest BCUT2D eigenvalue weighted by atomic mass is 32.2. The van der Waals surface area contributed by atoms with Crippen LogP contribution < -0.4 is 0 Å². The average molecular weight is 232 g/mol. The van der Waals surface area contributed by atoms with E-state index in [1.807, 2.05) is 25.1 Å². The van der Waals surface area contributed by atoms with Crippen molar-refractivity contribution >= 4 is 18.0 Å². The lowest BCUT2D eigenvalue weighted by molar-refractivity contribution is -0.114. The summed E-state index contributed by atoms with van der Waals surface area (Å²) in [7, 11) is 0. The summed E-state index contributed by atoms with van der Waals surface area (Å²) in [5, 5.41) is 0. The normalized spacial score (nSPS) is 24.9. The van der Waals surface area contributed by atoms with Gasteiger partial charge in [-0.1, -0.05) is 36.0 Å². The van der Waals surface area contributed by atoms with E-state index in [0.717, 1.165) is 25.5 Å². The van der Waals surface area contributed by atoms with Crippen molar-refractivity contribution in [2.45, 2.75) is 31.1 Å². The minimum absolute atomic E-state index is 0.265. The highest BCUT2D eigenvalue weighted by Gasteiger charge is 2.30. The number of hydrogen-bond acceptors (Lipinski definition) is 2. The molecule has 1 aromatic carbocycles. The molecule has 0 N–H and O–H groups in total. The molecule has 0 saturated heterocycles. The number of allylic oxidation sites excluding steroid dienone is 2. The Morgan fingerprint density at radius 2 is 2.06 bits per heavy atom. The lowest BCUT2D eigenvalue weighted by atomic mass is 9.82. The fourth-order valence-electron chi connectivity index (χ4n) is 1.95. The van der Waals surface area contributed by atoms with E-state index in [9.17, 15) is 4.79 Å². The highest BCUT2D eigenvalue weighted by molar-refractivity contribution is 8.03. The van der Waals surface area contributed by atoms with Crippen molar-refractivity contribution in [3.05, 3.63) is 41.3 Å². The van der Waals surface area contributed by atoms with Crippen LogP contribution in [0.4, 0.5) is 0 Å². The molecule has 0 bridgehead atoms. The third-order valence-corrected chi connectivity index (χ3v) is 4.38. The Morgan fingerprint density at radius 3 is 2.75 bits per heavy atom. The lowest BCUT2D eigenvalue weighted by Gasteiger charge is -2.29. The third-order valence-electron chi connectivity index (χ3n) is 3.02. The molecular formula is C14H16OS. The van der Waals surface area contributed by atoms with E-state index in [4.69, 9.17) is 0 Å². The number of thioether (sulfide) groups is 1. The third kappa shape index (κ3) is 2.38. The Labute approximate surface area is 101 Å². The molecule has 2 heteroatoms. The molecule has 0 saturated carbocycles. The molecule has 0 amide bonds. The lowest BCUT2D eigenvalue weighted by Crippen LogP contribution is -2.22. The summed E-state index contributed by atoms with van der Waals surface area (Å²) in [6.45, 7) is 2.04. The first-order valence-electron chi connectivity index (χ1n) is 5.64. The largest absolute Gasteiger partial charge is 0.302 e. The summed E-state index contributed by atoms with van der Waals surface area (Å²) in [4.78, 5) is 13.6. The topological polar surface area (TPSA) is 17.1 Å². The second-order valence-electron chi connectivity index (χ2n) is 4.41. The van der Waals surface area contributed by atoms with Crippen molar-refractivity contribution in [1.82, 2.24) is 0 Å². The van der Waals surface area contributed by atoms with E-state index >= 15 is 0 Å². The minimum Gasteiger partial charge on any atom is -0.302 e. The zero-order valence-electron chi connectivity index (χ0n) is 9.48. The van der Waals surface area contributed by atoms with Crippen LogP contribution in [0.25, 0.3) is 0 Å². The summed E-state index contributed by atoms with van der Waals surface area (Å²) < 4.78 is 0. The Bertz CT molecular complexity index is 396. The van der Waals surface area contributed by atoms with Crippen LogP contribution in [0.15, 0.2) is 46.2 Å². The van der Waals surface area contributed by atoms with Crippen LogP contribution in [0.5, 0.6) is 0 Å². The van der Waals surface area contributed by atoms with E-state index in [-0.39, 0.29) is 5.41 Å². The van der Waals surface area contributed by atoms with Gasteiger partial charge in [0.15, 0.2) is 0 Å². The molecule has 0 unspecified atom stereocenters. The zero-order chi connectivity index (χ0) is 11.4. The fraction of sp³-hybridized carbons (Fsp3) is 0.357. The van der Waals surface area contributed by atoms with Gasteiger partial charge >= 0.3 is 0 Å². The second kappa shape index (κ2) is 4.88. The highest BCUT2D eigenvalue weighted by Crippen LogP contribution is 2.44. The molecule has 1 aromatic rings. The number of benzene rings is 1. The van der Waals surface area contributed by atoms with Crippen LogP contribution in [-0.4, -0.2) is 6.29 Å². The van der Waals surface area contributed by atoms with Gasteiger partial charge in [-0.05, 0) is 43.2 Å². The van der Waals surface area contributed by atoms with Crippen molar-refractivity contribution in [3.63, 3.8) is 0 Å².